The fourth-order valence-corrected chi connectivity index (χ4v) is 6.53. The van der Waals surface area contributed by atoms with Gasteiger partial charge in [-0.15, -0.1) is 0 Å². The lowest BCUT2D eigenvalue weighted by Gasteiger charge is -2.36. The number of rotatable bonds is 7. The van der Waals surface area contributed by atoms with E-state index >= 15 is 0 Å². The summed E-state index contributed by atoms with van der Waals surface area (Å²) in [7, 11) is -0.262. The van der Waals surface area contributed by atoms with Crippen LogP contribution in [0.25, 0.3) is 0 Å². The van der Waals surface area contributed by atoms with Crippen LogP contribution in [0.5, 0.6) is 0 Å². The number of carbonyl (C=O) groups is 2. The topological polar surface area (TPSA) is 131 Å². The lowest BCUT2D eigenvalue weighted by Crippen LogP contribution is -2.47. The molecule has 0 radical (unpaired) electrons. The molecule has 1 saturated heterocycles. The summed E-state index contributed by atoms with van der Waals surface area (Å²) in [5.74, 6) is 0.809. The molecule has 12 nitrogen and oxygen atoms in total. The van der Waals surface area contributed by atoms with Crippen molar-refractivity contribution in [3.63, 3.8) is 0 Å². The van der Waals surface area contributed by atoms with Crippen LogP contribution in [0.3, 0.4) is 0 Å². The van der Waals surface area contributed by atoms with E-state index in [2.05, 4.69) is 25.5 Å². The van der Waals surface area contributed by atoms with Gasteiger partial charge in [0.15, 0.2) is 15.7 Å². The first-order valence-electron chi connectivity index (χ1n) is 14.2. The Morgan fingerprint density at radius 1 is 1.15 bits per heavy atom. The number of anilines is 5. The van der Waals surface area contributed by atoms with Gasteiger partial charge >= 0.3 is 6.03 Å². The van der Waals surface area contributed by atoms with Crippen LogP contribution >= 0.6 is 0 Å². The van der Waals surface area contributed by atoms with Gasteiger partial charge in [-0.1, -0.05) is 12.8 Å². The van der Waals surface area contributed by atoms with Crippen LogP contribution in [0.1, 0.15) is 46.0 Å². The standard InChI is InChI=1S/C28H40N8O4S/c1-18(2)36-17-25(37)34(4)24-15-29-27(32-26(24)36)30-20-12-22(14-23(13-20)41(5,39)40)33(3)28(38)31-19-10-11-35(16-19)21-8-6-7-9-21/h12-15,18-19,21H,6-11,16-17H2,1-5H3,(H,31,38)(H,29,30,32)/t19-/m0/s1. The van der Waals surface area contributed by atoms with Gasteiger partial charge in [-0.3, -0.25) is 14.6 Å². The van der Waals surface area contributed by atoms with E-state index in [-0.39, 0.29) is 41.4 Å². The van der Waals surface area contributed by atoms with Gasteiger partial charge in [0.2, 0.25) is 11.9 Å². The molecule has 1 aliphatic carbocycles. The van der Waals surface area contributed by atoms with Crippen molar-refractivity contribution in [3.05, 3.63) is 24.4 Å². The molecule has 3 heterocycles. The van der Waals surface area contributed by atoms with E-state index in [1.54, 1.807) is 26.4 Å². The van der Waals surface area contributed by atoms with Crippen LogP contribution in [-0.4, -0.2) is 93.3 Å². The van der Waals surface area contributed by atoms with E-state index in [1.165, 1.54) is 47.6 Å². The van der Waals surface area contributed by atoms with E-state index in [4.69, 9.17) is 0 Å². The van der Waals surface area contributed by atoms with Crippen molar-refractivity contribution in [3.8, 4) is 0 Å². The summed E-state index contributed by atoms with van der Waals surface area (Å²) in [5.41, 5.74) is 1.44. The van der Waals surface area contributed by atoms with E-state index < -0.39 is 9.84 Å². The summed E-state index contributed by atoms with van der Waals surface area (Å²) in [5, 5.41) is 6.24. The summed E-state index contributed by atoms with van der Waals surface area (Å²) >= 11 is 0. The highest BCUT2D eigenvalue weighted by Crippen LogP contribution is 2.34. The molecule has 0 unspecified atom stereocenters. The Hall–Kier alpha value is -3.45. The second-order valence-corrected chi connectivity index (χ2v) is 13.6. The van der Waals surface area contributed by atoms with Crippen LogP contribution < -0.4 is 25.3 Å². The Morgan fingerprint density at radius 2 is 1.88 bits per heavy atom. The fraction of sp³-hybridized carbons (Fsp3) is 0.571. The first kappa shape index (κ1) is 29.1. The van der Waals surface area contributed by atoms with E-state index in [1.807, 2.05) is 18.7 Å². The van der Waals surface area contributed by atoms with Gasteiger partial charge in [0.1, 0.15) is 5.69 Å². The highest BCUT2D eigenvalue weighted by atomic mass is 32.2. The van der Waals surface area contributed by atoms with Gasteiger partial charge in [0, 0.05) is 62.9 Å². The quantitative estimate of drug-likeness (QED) is 0.504. The molecule has 5 rings (SSSR count). The number of hydrogen-bond acceptors (Lipinski definition) is 9. The zero-order valence-corrected chi connectivity index (χ0v) is 25.2. The molecule has 41 heavy (non-hydrogen) atoms. The molecule has 2 fully saturated rings. The summed E-state index contributed by atoms with van der Waals surface area (Å²) in [6, 6.07) is 5.12. The molecule has 2 aromatic rings. The van der Waals surface area contributed by atoms with Gasteiger partial charge in [-0.05, 0) is 51.3 Å². The third-order valence-corrected chi connectivity index (χ3v) is 9.43. The van der Waals surface area contributed by atoms with Crippen molar-refractivity contribution in [1.82, 2.24) is 20.2 Å². The number of nitrogens with zero attached hydrogens (tertiary/aromatic N) is 6. The van der Waals surface area contributed by atoms with Crippen molar-refractivity contribution < 1.29 is 18.0 Å². The molecule has 1 atom stereocenters. The second kappa shape index (κ2) is 11.4. The lowest BCUT2D eigenvalue weighted by atomic mass is 10.2. The minimum atomic E-state index is -3.58. The largest absolute Gasteiger partial charge is 0.343 e. The normalized spacial score (nSPS) is 20.0. The highest BCUT2D eigenvalue weighted by molar-refractivity contribution is 7.90. The predicted octanol–water partition coefficient (Wildman–Crippen LogP) is 2.98. The van der Waals surface area contributed by atoms with Gasteiger partial charge in [0.05, 0.1) is 17.6 Å². The number of likely N-dealkylation sites (N-methyl/N-ethyl adjacent to an activating group) is 1. The fourth-order valence-electron chi connectivity index (χ4n) is 5.85. The van der Waals surface area contributed by atoms with Crippen molar-refractivity contribution >= 4 is 50.6 Å². The Labute approximate surface area is 242 Å². The molecule has 1 saturated carbocycles. The monoisotopic (exact) mass is 584 g/mol. The third kappa shape index (κ3) is 6.25. The summed E-state index contributed by atoms with van der Waals surface area (Å²) < 4.78 is 25.1. The molecule has 3 amide bonds. The zero-order valence-electron chi connectivity index (χ0n) is 24.4. The van der Waals surface area contributed by atoms with Gasteiger partial charge in [0.25, 0.3) is 0 Å². The number of nitrogens with one attached hydrogen (secondary N) is 2. The average molecular weight is 585 g/mol. The first-order valence-corrected chi connectivity index (χ1v) is 16.1. The molecule has 222 valence electrons. The number of benzene rings is 1. The maximum Gasteiger partial charge on any atom is 0.321 e. The minimum Gasteiger partial charge on any atom is -0.343 e. The molecule has 2 aliphatic heterocycles. The van der Waals surface area contributed by atoms with E-state index in [0.717, 1.165) is 25.8 Å². The number of likely N-dealkylation sites (tertiary alicyclic amines) is 1. The van der Waals surface area contributed by atoms with Crippen molar-refractivity contribution in [2.24, 2.45) is 0 Å². The van der Waals surface area contributed by atoms with Crippen molar-refractivity contribution in [1.29, 1.82) is 0 Å². The van der Waals surface area contributed by atoms with E-state index in [9.17, 15) is 18.0 Å². The van der Waals surface area contributed by atoms with Crippen LogP contribution in [0, 0.1) is 0 Å². The predicted molar refractivity (Wildman–Crippen MR) is 160 cm³/mol. The van der Waals surface area contributed by atoms with E-state index in [0.29, 0.717) is 28.9 Å². The lowest BCUT2D eigenvalue weighted by molar-refractivity contribution is -0.117. The van der Waals surface area contributed by atoms with Crippen LogP contribution in [0.2, 0.25) is 0 Å². The SMILES string of the molecule is CC(C)N1CC(=O)N(C)c2cnc(Nc3cc(N(C)C(=O)N[C@H]4CCN(C5CCCC5)C4)cc(S(C)(=O)=O)c3)nc21. The van der Waals surface area contributed by atoms with Crippen LogP contribution in [0.4, 0.5) is 33.6 Å². The van der Waals surface area contributed by atoms with Crippen LogP contribution in [0.15, 0.2) is 29.3 Å². The number of carbonyl (C=O) groups excluding carboxylic acids is 2. The molecule has 1 aromatic carbocycles. The number of sulfone groups is 1. The molecule has 3 aliphatic rings. The maximum absolute atomic E-state index is 13.2. The molecule has 2 N–H and O–H groups in total. The molecular formula is C28H40N8O4S. The number of hydrogen-bond donors (Lipinski definition) is 2. The Morgan fingerprint density at radius 3 is 2.56 bits per heavy atom. The second-order valence-electron chi connectivity index (χ2n) is 11.6. The Balaban J connectivity index is 1.36. The van der Waals surface area contributed by atoms with Crippen molar-refractivity contribution in [2.45, 2.75) is 69.0 Å². The number of amides is 3. The molecule has 13 heteroatoms. The molecule has 0 bridgehead atoms. The van der Waals surface area contributed by atoms with Gasteiger partial charge in [-0.2, -0.15) is 4.98 Å². The van der Waals surface area contributed by atoms with Crippen molar-refractivity contribution in [2.75, 3.05) is 60.0 Å². The maximum atomic E-state index is 13.2. The Kier molecular flexibility index (Phi) is 8.11. The summed E-state index contributed by atoms with van der Waals surface area (Å²) in [6.45, 7) is 5.99. The number of fused-ring (bicyclic) bond motifs is 1. The third-order valence-electron chi connectivity index (χ3n) is 8.34. The smallest absolute Gasteiger partial charge is 0.321 e. The zero-order chi connectivity index (χ0) is 29.5. The Bertz CT molecular complexity index is 1430. The number of urea groups is 1. The first-order chi connectivity index (χ1) is 19.4. The molecule has 0 spiro atoms. The average Bonchev–Trinajstić information content (AvgIpc) is 3.62. The molecule has 1 aromatic heterocycles. The molecular weight excluding hydrogens is 544 g/mol. The number of aromatic nitrogens is 2. The van der Waals surface area contributed by atoms with Crippen LogP contribution in [-0.2, 0) is 14.6 Å². The highest BCUT2D eigenvalue weighted by Gasteiger charge is 2.32. The summed E-state index contributed by atoms with van der Waals surface area (Å²) in [6.07, 6.45) is 8.62. The minimum absolute atomic E-state index is 0.0339. The summed E-state index contributed by atoms with van der Waals surface area (Å²) in [4.78, 5) is 42.2. The van der Waals surface area contributed by atoms with Gasteiger partial charge in [-0.25, -0.2) is 18.2 Å². The van der Waals surface area contributed by atoms with Gasteiger partial charge < -0.3 is 20.4 Å².